The Balaban J connectivity index is 1.08. The third-order valence-corrected chi connectivity index (χ3v) is 11.1. The van der Waals surface area contributed by atoms with Crippen LogP contribution in [0, 0.1) is 0 Å². The van der Waals surface area contributed by atoms with Crippen LogP contribution in [0.2, 0.25) is 0 Å². The molecule has 2 saturated heterocycles. The maximum atomic E-state index is 6.36. The molecule has 284 valence electrons. The summed E-state index contributed by atoms with van der Waals surface area (Å²) in [7, 11) is 0. The number of epoxide rings is 2. The first-order valence-electron chi connectivity index (χ1n) is 21.6. The smallest absolute Gasteiger partial charge is 0.140 e. The van der Waals surface area contributed by atoms with Crippen LogP contribution in [0.25, 0.3) is 12.2 Å². The van der Waals surface area contributed by atoms with Crippen LogP contribution in [0.4, 0.5) is 0 Å². The molecular formula is C48H74O3. The van der Waals surface area contributed by atoms with Crippen molar-refractivity contribution in [1.82, 2.24) is 0 Å². The van der Waals surface area contributed by atoms with Crippen LogP contribution in [0.5, 0.6) is 0 Å². The highest BCUT2D eigenvalue weighted by atomic mass is 16.6. The molecule has 51 heavy (non-hydrogen) atoms. The van der Waals surface area contributed by atoms with Crippen molar-refractivity contribution in [3.8, 4) is 0 Å². The van der Waals surface area contributed by atoms with Gasteiger partial charge < -0.3 is 14.2 Å². The molecule has 2 aromatic rings. The highest BCUT2D eigenvalue weighted by Gasteiger charge is 2.50. The molecule has 0 spiro atoms. The fraction of sp³-hybridized carbons (Fsp3) is 0.667. The average Bonchev–Trinajstić information content (AvgIpc) is 4.10. The largest absolute Gasteiger partial charge is 0.375 e. The van der Waals surface area contributed by atoms with Gasteiger partial charge in [-0.3, -0.25) is 0 Å². The molecule has 2 aromatic carbocycles. The zero-order chi connectivity index (χ0) is 35.7. The Labute approximate surface area is 314 Å². The molecular weight excluding hydrogens is 625 g/mol. The quantitative estimate of drug-likeness (QED) is 0.0563. The van der Waals surface area contributed by atoms with Gasteiger partial charge in [-0.25, -0.2) is 0 Å². The molecule has 2 aliphatic rings. The molecule has 3 heteroatoms. The second-order valence-corrected chi connectivity index (χ2v) is 15.8. The lowest BCUT2D eigenvalue weighted by molar-refractivity contribution is 0.0403. The minimum absolute atomic E-state index is 0.325. The number of benzene rings is 2. The van der Waals surface area contributed by atoms with Gasteiger partial charge >= 0.3 is 0 Å². The molecule has 0 amide bonds. The van der Waals surface area contributed by atoms with E-state index < -0.39 is 0 Å². The third kappa shape index (κ3) is 16.6. The molecule has 2 aliphatic heterocycles. The van der Waals surface area contributed by atoms with E-state index in [9.17, 15) is 0 Å². The second-order valence-electron chi connectivity index (χ2n) is 15.8. The van der Waals surface area contributed by atoms with Gasteiger partial charge in [-0.2, -0.15) is 0 Å². The van der Waals surface area contributed by atoms with Crippen molar-refractivity contribution in [2.24, 2.45) is 0 Å². The van der Waals surface area contributed by atoms with Crippen LogP contribution >= 0.6 is 0 Å². The molecule has 0 bridgehead atoms. The maximum Gasteiger partial charge on any atom is 0.140 e. The van der Waals surface area contributed by atoms with Gasteiger partial charge in [0.1, 0.15) is 11.2 Å². The van der Waals surface area contributed by atoms with Crippen LogP contribution in [0.1, 0.15) is 190 Å². The van der Waals surface area contributed by atoms with Crippen molar-refractivity contribution in [3.05, 3.63) is 82.9 Å². The number of unbranched alkanes of at least 4 members (excludes halogenated alkanes) is 22. The second kappa shape index (κ2) is 24.9. The van der Waals surface area contributed by atoms with Gasteiger partial charge in [0.05, 0.1) is 26.4 Å². The number of hydrogen-bond acceptors (Lipinski definition) is 3. The van der Waals surface area contributed by atoms with Gasteiger partial charge in [-0.15, -0.1) is 0 Å². The monoisotopic (exact) mass is 699 g/mol. The molecule has 0 N–H and O–H groups in total. The SMILES string of the molecule is CCCCCCCCCCCCC/C=C/c1cccc(C2(COCC3(c4cccc(/C=C/CCCCCCCCCCCCC)c4)CO3)CO2)c1. The summed E-state index contributed by atoms with van der Waals surface area (Å²) in [6, 6.07) is 17.6. The van der Waals surface area contributed by atoms with Crippen molar-refractivity contribution in [3.63, 3.8) is 0 Å². The normalized spacial score (nSPS) is 19.8. The standard InChI is InChI=1S/C48H74O3/c1-3-5-7-9-11-13-15-17-19-21-23-25-27-31-43-33-29-35-45(37-43)47(41-50-47)39-49-40-48(42-51-48)46-36-30-34-44(38-46)32-28-26-24-22-20-18-16-14-12-10-8-6-4-2/h27-38H,3-26,39-42H2,1-2H3/b31-27+,32-28+. The van der Waals surface area contributed by atoms with E-state index in [0.29, 0.717) is 26.4 Å². The molecule has 2 unspecified atom stereocenters. The van der Waals surface area contributed by atoms with E-state index in [4.69, 9.17) is 14.2 Å². The summed E-state index contributed by atoms with van der Waals surface area (Å²) in [5.41, 5.74) is 4.29. The zero-order valence-corrected chi connectivity index (χ0v) is 33.0. The van der Waals surface area contributed by atoms with Gasteiger partial charge in [0.2, 0.25) is 0 Å². The van der Waals surface area contributed by atoms with Crippen molar-refractivity contribution in [1.29, 1.82) is 0 Å². The summed E-state index contributed by atoms with van der Waals surface area (Å²) in [6.07, 6.45) is 42.2. The van der Waals surface area contributed by atoms with E-state index in [1.165, 1.54) is 164 Å². The first kappa shape index (κ1) is 41.6. The van der Waals surface area contributed by atoms with Crippen LogP contribution < -0.4 is 0 Å². The molecule has 0 radical (unpaired) electrons. The molecule has 4 rings (SSSR count). The molecule has 0 aromatic heterocycles. The highest BCUT2D eigenvalue weighted by Crippen LogP contribution is 2.43. The highest BCUT2D eigenvalue weighted by molar-refractivity contribution is 5.52. The maximum absolute atomic E-state index is 6.36. The first-order chi connectivity index (χ1) is 25.2. The lowest BCUT2D eigenvalue weighted by atomic mass is 9.97. The van der Waals surface area contributed by atoms with Gasteiger partial charge in [0, 0.05) is 0 Å². The summed E-state index contributed by atoms with van der Waals surface area (Å²) in [5.74, 6) is 0. The Morgan fingerprint density at radius 2 is 0.824 bits per heavy atom. The number of allylic oxidation sites excluding steroid dienone is 2. The summed E-state index contributed by atoms with van der Waals surface area (Å²) in [5, 5.41) is 0. The lowest BCUT2D eigenvalue weighted by Gasteiger charge is -2.17. The Bertz CT molecular complexity index is 1140. The van der Waals surface area contributed by atoms with E-state index in [1.807, 2.05) is 0 Å². The van der Waals surface area contributed by atoms with Crippen LogP contribution in [0.3, 0.4) is 0 Å². The van der Waals surface area contributed by atoms with E-state index in [0.717, 1.165) is 12.8 Å². The summed E-state index contributed by atoms with van der Waals surface area (Å²) >= 11 is 0. The summed E-state index contributed by atoms with van der Waals surface area (Å²) < 4.78 is 18.4. The van der Waals surface area contributed by atoms with E-state index in [1.54, 1.807) is 0 Å². The predicted octanol–water partition coefficient (Wildman–Crippen LogP) is 14.3. The summed E-state index contributed by atoms with van der Waals surface area (Å²) in [6.45, 7) is 7.13. The van der Waals surface area contributed by atoms with Crippen molar-refractivity contribution >= 4 is 12.2 Å². The van der Waals surface area contributed by atoms with Crippen molar-refractivity contribution in [2.45, 2.75) is 179 Å². The minimum Gasteiger partial charge on any atom is -0.375 e. The molecule has 3 nitrogen and oxygen atoms in total. The molecule has 2 fully saturated rings. The van der Waals surface area contributed by atoms with Gasteiger partial charge in [0.15, 0.2) is 0 Å². The van der Waals surface area contributed by atoms with E-state index in [2.05, 4.69) is 86.7 Å². The molecule has 2 atom stereocenters. The number of rotatable bonds is 32. The third-order valence-electron chi connectivity index (χ3n) is 11.1. The zero-order valence-electron chi connectivity index (χ0n) is 33.0. The fourth-order valence-electron chi connectivity index (χ4n) is 7.36. The Kier molecular flexibility index (Phi) is 20.3. The Morgan fingerprint density at radius 3 is 1.16 bits per heavy atom. The fourth-order valence-corrected chi connectivity index (χ4v) is 7.36. The minimum atomic E-state index is -0.325. The molecule has 2 heterocycles. The number of ether oxygens (including phenoxy) is 3. The van der Waals surface area contributed by atoms with Gasteiger partial charge in [-0.05, 0) is 60.1 Å². The lowest BCUT2D eigenvalue weighted by Crippen LogP contribution is -2.23. The predicted molar refractivity (Wildman–Crippen MR) is 219 cm³/mol. The van der Waals surface area contributed by atoms with E-state index in [-0.39, 0.29) is 11.2 Å². The Morgan fingerprint density at radius 1 is 0.490 bits per heavy atom. The topological polar surface area (TPSA) is 34.3 Å². The number of hydrogen-bond donors (Lipinski definition) is 0. The van der Waals surface area contributed by atoms with Gasteiger partial charge in [-0.1, -0.05) is 203 Å². The van der Waals surface area contributed by atoms with Gasteiger partial charge in [0.25, 0.3) is 0 Å². The first-order valence-corrected chi connectivity index (χ1v) is 21.6. The van der Waals surface area contributed by atoms with Crippen LogP contribution in [-0.4, -0.2) is 26.4 Å². The van der Waals surface area contributed by atoms with Crippen molar-refractivity contribution < 1.29 is 14.2 Å². The molecule has 0 saturated carbocycles. The molecule has 0 aliphatic carbocycles. The van der Waals surface area contributed by atoms with E-state index >= 15 is 0 Å². The summed E-state index contributed by atoms with van der Waals surface area (Å²) in [4.78, 5) is 0. The van der Waals surface area contributed by atoms with Crippen molar-refractivity contribution in [2.75, 3.05) is 26.4 Å². The van der Waals surface area contributed by atoms with Crippen LogP contribution in [-0.2, 0) is 25.4 Å². The average molecular weight is 699 g/mol. The van der Waals surface area contributed by atoms with Crippen LogP contribution in [0.15, 0.2) is 60.7 Å². The Hall–Kier alpha value is -2.20.